The molecule has 0 radical (unpaired) electrons. The van der Waals surface area contributed by atoms with Crippen molar-refractivity contribution in [2.24, 2.45) is 5.41 Å². The fourth-order valence-electron chi connectivity index (χ4n) is 4.88. The standard InChI is InChI=1S/C26H32N4O3S/c1-18-6-7-20(15-19(18)2)23(32)28-16-22(31)30-14-10-26(17-30)8-12-29(13-9-26)25(33)21-5-4-11-27-24(21)34-3/h4-7,11,15H,8-10,12-14,16-17H2,1-3H3,(H,28,32). The molecule has 2 fully saturated rings. The summed E-state index contributed by atoms with van der Waals surface area (Å²) in [7, 11) is 0. The van der Waals surface area contributed by atoms with Crippen molar-refractivity contribution in [1.82, 2.24) is 20.1 Å². The van der Waals surface area contributed by atoms with E-state index in [-0.39, 0.29) is 29.7 Å². The van der Waals surface area contributed by atoms with E-state index >= 15 is 0 Å². The van der Waals surface area contributed by atoms with Crippen molar-refractivity contribution in [3.8, 4) is 0 Å². The predicted octanol–water partition coefficient (Wildman–Crippen LogP) is 3.31. The third-order valence-electron chi connectivity index (χ3n) is 7.27. The number of aryl methyl sites for hydroxylation is 2. The van der Waals surface area contributed by atoms with Crippen molar-refractivity contribution in [3.05, 3.63) is 58.8 Å². The quantitative estimate of drug-likeness (QED) is 0.664. The van der Waals surface area contributed by atoms with E-state index in [4.69, 9.17) is 0 Å². The third kappa shape index (κ3) is 5.12. The molecule has 1 spiro atoms. The molecule has 2 aromatic rings. The molecule has 1 N–H and O–H groups in total. The number of nitrogens with zero attached hydrogens (tertiary/aromatic N) is 3. The van der Waals surface area contributed by atoms with Crippen molar-refractivity contribution in [3.63, 3.8) is 0 Å². The number of benzene rings is 1. The Kier molecular flexibility index (Phi) is 7.26. The Balaban J connectivity index is 1.28. The largest absolute Gasteiger partial charge is 0.343 e. The summed E-state index contributed by atoms with van der Waals surface area (Å²) in [6, 6.07) is 9.20. The van der Waals surface area contributed by atoms with Gasteiger partial charge in [0, 0.05) is 37.9 Å². The number of hydrogen-bond donors (Lipinski definition) is 1. The average Bonchev–Trinajstić information content (AvgIpc) is 3.27. The smallest absolute Gasteiger partial charge is 0.256 e. The minimum absolute atomic E-state index is 0.00488. The second kappa shape index (κ2) is 10.2. The van der Waals surface area contributed by atoms with Crippen LogP contribution in [0.5, 0.6) is 0 Å². The predicted molar refractivity (Wildman–Crippen MR) is 133 cm³/mol. The van der Waals surface area contributed by atoms with Gasteiger partial charge < -0.3 is 15.1 Å². The number of thioether (sulfide) groups is 1. The molecule has 0 bridgehead atoms. The number of likely N-dealkylation sites (tertiary alicyclic amines) is 2. The normalized spacial score (nSPS) is 17.1. The first-order valence-corrected chi connectivity index (χ1v) is 13.0. The Morgan fingerprint density at radius 2 is 1.74 bits per heavy atom. The number of amides is 3. The van der Waals surface area contributed by atoms with Crippen LogP contribution in [-0.4, -0.2) is 71.5 Å². The van der Waals surface area contributed by atoms with E-state index in [1.165, 1.54) is 11.8 Å². The van der Waals surface area contributed by atoms with E-state index in [2.05, 4.69) is 10.3 Å². The molecule has 2 aliphatic heterocycles. The van der Waals surface area contributed by atoms with Gasteiger partial charge in [-0.25, -0.2) is 4.98 Å². The molecular formula is C26H32N4O3S. The van der Waals surface area contributed by atoms with E-state index in [1.54, 1.807) is 18.3 Å². The number of carbonyl (C=O) groups is 3. The summed E-state index contributed by atoms with van der Waals surface area (Å²) in [5, 5.41) is 3.53. The molecule has 0 atom stereocenters. The molecule has 2 saturated heterocycles. The van der Waals surface area contributed by atoms with Gasteiger partial charge in [0.2, 0.25) is 5.91 Å². The summed E-state index contributed by atoms with van der Waals surface area (Å²) in [6.07, 6.45) is 6.34. The van der Waals surface area contributed by atoms with Crippen LogP contribution in [-0.2, 0) is 4.79 Å². The Morgan fingerprint density at radius 1 is 1.03 bits per heavy atom. The third-order valence-corrected chi connectivity index (χ3v) is 7.98. The van der Waals surface area contributed by atoms with E-state index in [9.17, 15) is 14.4 Å². The highest BCUT2D eigenvalue weighted by atomic mass is 32.2. The number of aromatic nitrogens is 1. The van der Waals surface area contributed by atoms with Crippen LogP contribution in [0.25, 0.3) is 0 Å². The molecule has 1 aromatic heterocycles. The SMILES string of the molecule is CSc1ncccc1C(=O)N1CCC2(CCN(C(=O)CNC(=O)c3ccc(C)c(C)c3)C2)CC1. The fourth-order valence-corrected chi connectivity index (χ4v) is 5.42. The first-order chi connectivity index (χ1) is 16.3. The molecule has 8 heteroatoms. The number of carbonyl (C=O) groups excluding carboxylic acids is 3. The summed E-state index contributed by atoms with van der Waals surface area (Å²) in [4.78, 5) is 46.4. The minimum atomic E-state index is -0.225. The van der Waals surface area contributed by atoms with Crippen LogP contribution in [0.2, 0.25) is 0 Å². The molecule has 2 aliphatic rings. The highest BCUT2D eigenvalue weighted by Gasteiger charge is 2.42. The topological polar surface area (TPSA) is 82.6 Å². The molecule has 4 rings (SSSR count). The number of piperidine rings is 1. The lowest BCUT2D eigenvalue weighted by molar-refractivity contribution is -0.129. The lowest BCUT2D eigenvalue weighted by Crippen LogP contribution is -2.45. The Hall–Kier alpha value is -2.87. The number of pyridine rings is 1. The molecule has 3 amide bonds. The van der Waals surface area contributed by atoms with Gasteiger partial charge in [0.05, 0.1) is 12.1 Å². The summed E-state index contributed by atoms with van der Waals surface area (Å²) >= 11 is 1.48. The number of hydrogen-bond acceptors (Lipinski definition) is 5. The zero-order valence-corrected chi connectivity index (χ0v) is 20.9. The van der Waals surface area contributed by atoms with Gasteiger partial charge in [0.15, 0.2) is 0 Å². The first kappa shape index (κ1) is 24.3. The van der Waals surface area contributed by atoms with E-state index in [1.807, 2.05) is 48.1 Å². The molecule has 0 saturated carbocycles. The summed E-state index contributed by atoms with van der Waals surface area (Å²) < 4.78 is 0. The van der Waals surface area contributed by atoms with Crippen molar-refractivity contribution in [2.75, 3.05) is 39.0 Å². The Morgan fingerprint density at radius 3 is 2.41 bits per heavy atom. The molecule has 3 heterocycles. The Labute approximate surface area is 205 Å². The van der Waals surface area contributed by atoms with Crippen LogP contribution in [0, 0.1) is 19.3 Å². The summed E-state index contributed by atoms with van der Waals surface area (Å²) in [5.74, 6) is -0.239. The van der Waals surface area contributed by atoms with E-state index < -0.39 is 0 Å². The van der Waals surface area contributed by atoms with Crippen LogP contribution >= 0.6 is 11.8 Å². The van der Waals surface area contributed by atoms with E-state index in [0.29, 0.717) is 37.3 Å². The lowest BCUT2D eigenvalue weighted by Gasteiger charge is -2.39. The Bertz CT molecular complexity index is 1100. The maximum atomic E-state index is 13.0. The first-order valence-electron chi connectivity index (χ1n) is 11.7. The average molecular weight is 481 g/mol. The second-order valence-corrected chi connectivity index (χ2v) is 10.2. The van der Waals surface area contributed by atoms with Crippen molar-refractivity contribution in [2.45, 2.75) is 38.1 Å². The highest BCUT2D eigenvalue weighted by Crippen LogP contribution is 2.40. The molecule has 1 aromatic carbocycles. The van der Waals surface area contributed by atoms with Gasteiger partial charge in [-0.1, -0.05) is 6.07 Å². The zero-order chi connectivity index (χ0) is 24.3. The zero-order valence-electron chi connectivity index (χ0n) is 20.1. The van der Waals surface area contributed by atoms with Crippen LogP contribution in [0.1, 0.15) is 51.1 Å². The summed E-state index contributed by atoms with van der Waals surface area (Å²) in [6.45, 7) is 6.75. The molecule has 0 unspecified atom stereocenters. The van der Waals surface area contributed by atoms with Gasteiger partial charge in [0.25, 0.3) is 11.8 Å². The number of nitrogens with one attached hydrogen (secondary N) is 1. The summed E-state index contributed by atoms with van der Waals surface area (Å²) in [5.41, 5.74) is 3.48. The van der Waals surface area contributed by atoms with Gasteiger partial charge in [-0.15, -0.1) is 11.8 Å². The minimum Gasteiger partial charge on any atom is -0.343 e. The fraction of sp³-hybridized carbons (Fsp3) is 0.462. The van der Waals surface area contributed by atoms with Gasteiger partial charge in [-0.3, -0.25) is 14.4 Å². The van der Waals surface area contributed by atoms with Crippen LogP contribution in [0.4, 0.5) is 0 Å². The van der Waals surface area contributed by atoms with Crippen LogP contribution in [0.15, 0.2) is 41.6 Å². The van der Waals surface area contributed by atoms with Crippen LogP contribution < -0.4 is 5.32 Å². The molecule has 0 aliphatic carbocycles. The van der Waals surface area contributed by atoms with Crippen molar-refractivity contribution < 1.29 is 14.4 Å². The maximum absolute atomic E-state index is 13.0. The van der Waals surface area contributed by atoms with E-state index in [0.717, 1.165) is 35.4 Å². The molecule has 180 valence electrons. The van der Waals surface area contributed by atoms with Gasteiger partial charge >= 0.3 is 0 Å². The van der Waals surface area contributed by atoms with Gasteiger partial charge in [-0.05, 0) is 80.2 Å². The maximum Gasteiger partial charge on any atom is 0.256 e. The molecular weight excluding hydrogens is 448 g/mol. The second-order valence-electron chi connectivity index (χ2n) is 9.40. The highest BCUT2D eigenvalue weighted by molar-refractivity contribution is 7.98. The molecule has 34 heavy (non-hydrogen) atoms. The van der Waals surface area contributed by atoms with Crippen molar-refractivity contribution in [1.29, 1.82) is 0 Å². The van der Waals surface area contributed by atoms with Gasteiger partial charge in [0.1, 0.15) is 5.03 Å². The van der Waals surface area contributed by atoms with Gasteiger partial charge in [-0.2, -0.15) is 0 Å². The van der Waals surface area contributed by atoms with Crippen LogP contribution in [0.3, 0.4) is 0 Å². The lowest BCUT2D eigenvalue weighted by atomic mass is 9.77. The van der Waals surface area contributed by atoms with Crippen molar-refractivity contribution >= 4 is 29.5 Å². The monoisotopic (exact) mass is 480 g/mol. The number of rotatable bonds is 5. The molecule has 7 nitrogen and oxygen atoms in total.